The number of benzene rings is 1. The van der Waals surface area contributed by atoms with E-state index in [1.54, 1.807) is 24.3 Å². The van der Waals surface area contributed by atoms with E-state index in [0.717, 1.165) is 6.08 Å². The number of ketones is 2. The molecule has 0 saturated carbocycles. The molecule has 3 heteroatoms. The SMILES string of the molecule is N#CC1=CC(=O)C(=O)c2ccccc21. The molecule has 0 amide bonds. The average Bonchev–Trinajstić information content (AvgIpc) is 2.23. The van der Waals surface area contributed by atoms with E-state index in [2.05, 4.69) is 0 Å². The summed E-state index contributed by atoms with van der Waals surface area (Å²) in [5, 5.41) is 8.76. The molecule has 1 aromatic rings. The average molecular weight is 183 g/mol. The van der Waals surface area contributed by atoms with Gasteiger partial charge in [0.05, 0.1) is 11.6 Å². The first-order valence-electron chi connectivity index (χ1n) is 4.04. The van der Waals surface area contributed by atoms with E-state index >= 15 is 0 Å². The van der Waals surface area contributed by atoms with Crippen LogP contribution in [0.4, 0.5) is 0 Å². The first-order chi connectivity index (χ1) is 6.74. The van der Waals surface area contributed by atoms with Gasteiger partial charge in [-0.25, -0.2) is 0 Å². The van der Waals surface area contributed by atoms with E-state index in [1.807, 2.05) is 6.07 Å². The van der Waals surface area contributed by atoms with E-state index < -0.39 is 11.6 Å². The second kappa shape index (κ2) is 2.93. The zero-order chi connectivity index (χ0) is 10.1. The Morgan fingerprint density at radius 2 is 1.71 bits per heavy atom. The molecule has 0 unspecified atom stereocenters. The number of hydrogen-bond donors (Lipinski definition) is 0. The maximum Gasteiger partial charge on any atom is 0.233 e. The molecular weight excluding hydrogens is 178 g/mol. The number of nitrogens with zero attached hydrogens (tertiary/aromatic N) is 1. The number of allylic oxidation sites excluding steroid dienone is 2. The molecule has 0 aromatic heterocycles. The van der Waals surface area contributed by atoms with Gasteiger partial charge in [-0.3, -0.25) is 9.59 Å². The van der Waals surface area contributed by atoms with Crippen LogP contribution in [0.15, 0.2) is 30.3 Å². The Hall–Kier alpha value is -2.21. The van der Waals surface area contributed by atoms with Crippen LogP contribution >= 0.6 is 0 Å². The summed E-state index contributed by atoms with van der Waals surface area (Å²) in [5.41, 5.74) is 1.11. The van der Waals surface area contributed by atoms with Gasteiger partial charge in [-0.2, -0.15) is 5.26 Å². The van der Waals surface area contributed by atoms with Gasteiger partial charge in [0, 0.05) is 17.2 Å². The number of carbonyl (C=O) groups excluding carboxylic acids is 2. The maximum absolute atomic E-state index is 11.4. The number of carbonyl (C=O) groups is 2. The van der Waals surface area contributed by atoms with Gasteiger partial charge in [0.2, 0.25) is 11.6 Å². The fourth-order valence-electron chi connectivity index (χ4n) is 1.42. The molecule has 0 saturated heterocycles. The molecule has 0 aliphatic heterocycles. The monoisotopic (exact) mass is 183 g/mol. The summed E-state index contributed by atoms with van der Waals surface area (Å²) in [5.74, 6) is -1.17. The normalized spacial score (nSPS) is 14.4. The van der Waals surface area contributed by atoms with Crippen LogP contribution in [0.25, 0.3) is 5.57 Å². The molecule has 1 aliphatic rings. The van der Waals surface area contributed by atoms with Gasteiger partial charge in [0.1, 0.15) is 0 Å². The van der Waals surface area contributed by atoms with Crippen molar-refractivity contribution in [2.75, 3.05) is 0 Å². The van der Waals surface area contributed by atoms with Crippen molar-refractivity contribution in [2.45, 2.75) is 0 Å². The number of hydrogen-bond acceptors (Lipinski definition) is 3. The first kappa shape index (κ1) is 8.39. The van der Waals surface area contributed by atoms with Gasteiger partial charge >= 0.3 is 0 Å². The molecule has 0 spiro atoms. The lowest BCUT2D eigenvalue weighted by atomic mass is 9.90. The van der Waals surface area contributed by atoms with Gasteiger partial charge < -0.3 is 0 Å². The molecule has 0 heterocycles. The lowest BCUT2D eigenvalue weighted by molar-refractivity contribution is -0.110. The van der Waals surface area contributed by atoms with Crippen LogP contribution in [0.2, 0.25) is 0 Å². The molecule has 3 nitrogen and oxygen atoms in total. The van der Waals surface area contributed by atoms with Crippen molar-refractivity contribution >= 4 is 17.1 Å². The topological polar surface area (TPSA) is 57.9 Å². The number of fused-ring (bicyclic) bond motifs is 1. The number of Topliss-reactive ketones (excluding diaryl/α,β-unsaturated/α-hetero) is 1. The van der Waals surface area contributed by atoms with E-state index in [-0.39, 0.29) is 5.57 Å². The van der Waals surface area contributed by atoms with Gasteiger partial charge in [-0.15, -0.1) is 0 Å². The molecule has 0 bridgehead atoms. The molecular formula is C11H5NO2. The minimum Gasteiger partial charge on any atom is -0.286 e. The third-order valence-corrected chi connectivity index (χ3v) is 2.08. The Labute approximate surface area is 80.3 Å². The van der Waals surface area contributed by atoms with E-state index in [4.69, 9.17) is 5.26 Å². The Morgan fingerprint density at radius 3 is 2.36 bits per heavy atom. The largest absolute Gasteiger partial charge is 0.286 e. The van der Waals surface area contributed by atoms with E-state index in [1.165, 1.54) is 0 Å². The van der Waals surface area contributed by atoms with E-state index in [9.17, 15) is 9.59 Å². The molecule has 0 N–H and O–H groups in total. The van der Waals surface area contributed by atoms with Crippen LogP contribution < -0.4 is 0 Å². The predicted octanol–water partition coefficient (Wildman–Crippen LogP) is 1.36. The Morgan fingerprint density at radius 1 is 1.07 bits per heavy atom. The van der Waals surface area contributed by atoms with Crippen LogP contribution in [0.5, 0.6) is 0 Å². The van der Waals surface area contributed by atoms with Crippen molar-refractivity contribution in [3.63, 3.8) is 0 Å². The molecule has 0 atom stereocenters. The minimum absolute atomic E-state index is 0.255. The highest BCUT2D eigenvalue weighted by Gasteiger charge is 2.24. The third-order valence-electron chi connectivity index (χ3n) is 2.08. The van der Waals surface area contributed by atoms with E-state index in [0.29, 0.717) is 11.1 Å². The number of nitriles is 1. The highest BCUT2D eigenvalue weighted by atomic mass is 16.2. The molecule has 2 rings (SSSR count). The Kier molecular flexibility index (Phi) is 1.76. The first-order valence-corrected chi connectivity index (χ1v) is 4.04. The maximum atomic E-state index is 11.4. The molecule has 14 heavy (non-hydrogen) atoms. The molecule has 66 valence electrons. The second-order valence-electron chi connectivity index (χ2n) is 2.91. The van der Waals surface area contributed by atoms with Crippen molar-refractivity contribution in [1.29, 1.82) is 5.26 Å². The van der Waals surface area contributed by atoms with Gasteiger partial charge in [-0.05, 0) is 0 Å². The van der Waals surface area contributed by atoms with Crippen molar-refractivity contribution in [3.8, 4) is 6.07 Å². The summed E-state index contributed by atoms with van der Waals surface area (Å²) in [7, 11) is 0. The lowest BCUT2D eigenvalue weighted by Crippen LogP contribution is -2.18. The third kappa shape index (κ3) is 1.05. The summed E-state index contributed by atoms with van der Waals surface area (Å²) in [6, 6.07) is 8.52. The smallest absolute Gasteiger partial charge is 0.233 e. The van der Waals surface area contributed by atoms with Crippen molar-refractivity contribution in [2.24, 2.45) is 0 Å². The van der Waals surface area contributed by atoms with Crippen LogP contribution in [0.3, 0.4) is 0 Å². The predicted molar refractivity (Wildman–Crippen MR) is 49.4 cm³/mol. The minimum atomic E-state index is -0.625. The van der Waals surface area contributed by atoms with Crippen LogP contribution in [0, 0.1) is 11.3 Å². The Bertz CT molecular complexity index is 506. The summed E-state index contributed by atoms with van der Waals surface area (Å²) in [4.78, 5) is 22.5. The fraction of sp³-hybridized carbons (Fsp3) is 0. The van der Waals surface area contributed by atoms with Crippen molar-refractivity contribution in [1.82, 2.24) is 0 Å². The van der Waals surface area contributed by atoms with Crippen molar-refractivity contribution in [3.05, 3.63) is 41.5 Å². The summed E-state index contributed by atoms with van der Waals surface area (Å²) in [6.07, 6.45) is 1.09. The standard InChI is InChI=1S/C11H5NO2/c12-6-7-5-10(13)11(14)9-4-2-1-3-8(7)9/h1-5H. The quantitative estimate of drug-likeness (QED) is 0.570. The zero-order valence-electron chi connectivity index (χ0n) is 7.15. The molecule has 0 radical (unpaired) electrons. The Balaban J connectivity index is 2.74. The molecule has 1 aromatic carbocycles. The van der Waals surface area contributed by atoms with Gasteiger partial charge in [0.25, 0.3) is 0 Å². The molecule has 1 aliphatic carbocycles. The summed E-state index contributed by atoms with van der Waals surface area (Å²) >= 11 is 0. The van der Waals surface area contributed by atoms with Crippen LogP contribution in [-0.2, 0) is 4.79 Å². The van der Waals surface area contributed by atoms with Crippen molar-refractivity contribution < 1.29 is 9.59 Å². The summed E-state index contributed by atoms with van der Waals surface area (Å²) < 4.78 is 0. The fourth-order valence-corrected chi connectivity index (χ4v) is 1.42. The summed E-state index contributed by atoms with van der Waals surface area (Å²) in [6.45, 7) is 0. The highest BCUT2D eigenvalue weighted by Crippen LogP contribution is 2.23. The zero-order valence-corrected chi connectivity index (χ0v) is 7.15. The lowest BCUT2D eigenvalue weighted by Gasteiger charge is -2.09. The highest BCUT2D eigenvalue weighted by molar-refractivity contribution is 6.50. The van der Waals surface area contributed by atoms with Crippen LogP contribution in [-0.4, -0.2) is 11.6 Å². The second-order valence-corrected chi connectivity index (χ2v) is 2.91. The molecule has 0 fully saturated rings. The van der Waals surface area contributed by atoms with Crippen LogP contribution in [0.1, 0.15) is 15.9 Å². The van der Waals surface area contributed by atoms with Gasteiger partial charge in [-0.1, -0.05) is 24.3 Å². The number of rotatable bonds is 0. The van der Waals surface area contributed by atoms with Gasteiger partial charge in [0.15, 0.2) is 0 Å².